The van der Waals surface area contributed by atoms with E-state index in [0.717, 1.165) is 31.6 Å². The maximum atomic E-state index is 12.7. The van der Waals surface area contributed by atoms with Gasteiger partial charge in [-0.1, -0.05) is 36.4 Å². The van der Waals surface area contributed by atoms with E-state index in [9.17, 15) is 13.2 Å². The molecule has 35 heavy (non-hydrogen) atoms. The number of nitrogens with one attached hydrogen (secondary N) is 1. The highest BCUT2D eigenvalue weighted by molar-refractivity contribution is 7.89. The zero-order chi connectivity index (χ0) is 24.4. The van der Waals surface area contributed by atoms with Crippen LogP contribution >= 0.6 is 0 Å². The lowest BCUT2D eigenvalue weighted by Crippen LogP contribution is -2.49. The maximum Gasteiger partial charge on any atom is 0.255 e. The Morgan fingerprint density at radius 3 is 2.34 bits per heavy atom. The monoisotopic (exact) mass is 491 g/mol. The number of hydrogen-bond donors (Lipinski definition) is 1. The Balaban J connectivity index is 1.18. The molecule has 0 aliphatic carbocycles. The zero-order valence-electron chi connectivity index (χ0n) is 19.7. The molecule has 7 nitrogen and oxygen atoms in total. The maximum absolute atomic E-state index is 12.7. The summed E-state index contributed by atoms with van der Waals surface area (Å²) in [6.45, 7) is 3.63. The molecule has 3 aromatic carbocycles. The van der Waals surface area contributed by atoms with Crippen molar-refractivity contribution in [2.45, 2.75) is 30.4 Å². The van der Waals surface area contributed by atoms with Crippen LogP contribution in [-0.4, -0.2) is 56.4 Å². The van der Waals surface area contributed by atoms with E-state index in [2.05, 4.69) is 34.5 Å². The number of amides is 1. The van der Waals surface area contributed by atoms with Gasteiger partial charge in [-0.25, -0.2) is 8.42 Å². The Morgan fingerprint density at radius 2 is 1.69 bits per heavy atom. The van der Waals surface area contributed by atoms with Crippen molar-refractivity contribution in [2.75, 3.05) is 32.1 Å². The molecule has 1 fully saturated rings. The van der Waals surface area contributed by atoms with E-state index in [1.165, 1.54) is 27.6 Å². The third-order valence-electron chi connectivity index (χ3n) is 6.76. The summed E-state index contributed by atoms with van der Waals surface area (Å²) < 4.78 is 31.9. The Hall–Kier alpha value is -3.04. The second-order valence-corrected chi connectivity index (χ2v) is 11.1. The molecule has 3 aromatic rings. The molecule has 1 amide bonds. The minimum absolute atomic E-state index is 0.131. The molecule has 2 aliphatic rings. The Labute approximate surface area is 206 Å². The second-order valence-electron chi connectivity index (χ2n) is 9.12. The van der Waals surface area contributed by atoms with Gasteiger partial charge in [-0.15, -0.1) is 0 Å². The average Bonchev–Trinajstić information content (AvgIpc) is 2.83. The van der Waals surface area contributed by atoms with Gasteiger partial charge in [0.05, 0.1) is 24.2 Å². The van der Waals surface area contributed by atoms with E-state index < -0.39 is 10.0 Å². The van der Waals surface area contributed by atoms with Gasteiger partial charge in [-0.2, -0.15) is 4.31 Å². The number of carbonyl (C=O) groups excluding carboxylic acids is 1. The molecule has 0 unspecified atom stereocenters. The third-order valence-corrected chi connectivity index (χ3v) is 8.68. The average molecular weight is 492 g/mol. The fraction of sp³-hybridized carbons (Fsp3) is 0.296. The first kappa shape index (κ1) is 23.7. The van der Waals surface area contributed by atoms with Gasteiger partial charge in [0.15, 0.2) is 0 Å². The van der Waals surface area contributed by atoms with Gasteiger partial charge in [0.2, 0.25) is 10.0 Å². The molecule has 0 radical (unpaired) electrons. The summed E-state index contributed by atoms with van der Waals surface area (Å²) in [4.78, 5) is 15.3. The summed E-state index contributed by atoms with van der Waals surface area (Å²) >= 11 is 0. The highest BCUT2D eigenvalue weighted by Gasteiger charge is 2.32. The second kappa shape index (κ2) is 9.91. The molecule has 1 N–H and O–H groups in total. The highest BCUT2D eigenvalue weighted by Crippen LogP contribution is 2.23. The number of rotatable bonds is 7. The summed E-state index contributed by atoms with van der Waals surface area (Å²) in [6, 6.07) is 22.3. The summed E-state index contributed by atoms with van der Waals surface area (Å²) in [5.74, 6) is -0.234. The zero-order valence-corrected chi connectivity index (χ0v) is 20.5. The molecule has 1 saturated heterocycles. The number of likely N-dealkylation sites (N-methyl/N-ethyl adjacent to an activating group) is 1. The standard InChI is InChI=1S/C27H29N3O4S/c1-29(25-18-34-19-25)35(32,33)26-12-10-24(11-13-26)28-27(31)22-8-6-20(7-9-22)16-30-15-14-21-4-2-3-5-23(21)17-30/h2-13,25H,14-19H2,1H3,(H,28,31). The van der Waals surface area contributed by atoms with E-state index in [0.29, 0.717) is 24.5 Å². The first-order valence-corrected chi connectivity index (χ1v) is 13.2. The summed E-state index contributed by atoms with van der Waals surface area (Å²) in [6.07, 6.45) is 1.06. The number of sulfonamides is 1. The van der Waals surface area contributed by atoms with Crippen molar-refractivity contribution in [3.63, 3.8) is 0 Å². The number of hydrogen-bond acceptors (Lipinski definition) is 5. The molecule has 2 aliphatic heterocycles. The molecular formula is C27H29N3O4S. The lowest BCUT2D eigenvalue weighted by molar-refractivity contribution is -0.0305. The van der Waals surface area contributed by atoms with Crippen LogP contribution in [0.2, 0.25) is 0 Å². The van der Waals surface area contributed by atoms with Crippen molar-refractivity contribution < 1.29 is 17.9 Å². The van der Waals surface area contributed by atoms with Crippen LogP contribution < -0.4 is 5.32 Å². The van der Waals surface area contributed by atoms with Crippen LogP contribution in [0.15, 0.2) is 77.7 Å². The Kier molecular flexibility index (Phi) is 6.71. The van der Waals surface area contributed by atoms with Crippen molar-refractivity contribution in [1.29, 1.82) is 0 Å². The van der Waals surface area contributed by atoms with Crippen molar-refractivity contribution in [3.05, 3.63) is 95.1 Å². The minimum Gasteiger partial charge on any atom is -0.378 e. The van der Waals surface area contributed by atoms with Crippen LogP contribution in [0, 0.1) is 0 Å². The molecule has 0 spiro atoms. The van der Waals surface area contributed by atoms with E-state index >= 15 is 0 Å². The van der Waals surface area contributed by atoms with Crippen LogP contribution in [0.25, 0.3) is 0 Å². The van der Waals surface area contributed by atoms with Crippen LogP contribution in [-0.2, 0) is 34.3 Å². The molecule has 5 rings (SSSR count). The summed E-state index contributed by atoms with van der Waals surface area (Å²) in [5, 5.41) is 2.85. The lowest BCUT2D eigenvalue weighted by Gasteiger charge is -2.33. The number of anilines is 1. The molecule has 8 heteroatoms. The first-order valence-electron chi connectivity index (χ1n) is 11.8. The summed E-state index contributed by atoms with van der Waals surface area (Å²) in [7, 11) is -2.03. The van der Waals surface area contributed by atoms with Crippen molar-refractivity contribution in [3.8, 4) is 0 Å². The van der Waals surface area contributed by atoms with Crippen LogP contribution in [0.3, 0.4) is 0 Å². The van der Waals surface area contributed by atoms with Gasteiger partial charge >= 0.3 is 0 Å². The third kappa shape index (κ3) is 5.16. The van der Waals surface area contributed by atoms with Gasteiger partial charge in [0.1, 0.15) is 0 Å². The molecular weight excluding hydrogens is 462 g/mol. The SMILES string of the molecule is CN(C1COC1)S(=O)(=O)c1ccc(NC(=O)c2ccc(CN3CCc4ccccc4C3)cc2)cc1. The predicted molar refractivity (Wildman–Crippen MR) is 135 cm³/mol. The molecule has 0 atom stereocenters. The fourth-order valence-corrected chi connectivity index (χ4v) is 5.74. The summed E-state index contributed by atoms with van der Waals surface area (Å²) in [5.41, 5.74) is 5.08. The van der Waals surface area contributed by atoms with E-state index in [1.54, 1.807) is 19.2 Å². The van der Waals surface area contributed by atoms with Crippen LogP contribution in [0.4, 0.5) is 5.69 Å². The number of benzene rings is 3. The molecule has 0 saturated carbocycles. The fourth-order valence-electron chi connectivity index (χ4n) is 4.42. The Morgan fingerprint density at radius 1 is 1.00 bits per heavy atom. The number of ether oxygens (including phenoxy) is 1. The van der Waals surface area contributed by atoms with Gasteiger partial charge < -0.3 is 10.1 Å². The van der Waals surface area contributed by atoms with E-state index in [-0.39, 0.29) is 16.8 Å². The van der Waals surface area contributed by atoms with Gasteiger partial charge in [-0.05, 0) is 59.5 Å². The quantitative estimate of drug-likeness (QED) is 0.547. The van der Waals surface area contributed by atoms with E-state index in [4.69, 9.17) is 4.74 Å². The number of fused-ring (bicyclic) bond motifs is 1. The van der Waals surface area contributed by atoms with Crippen LogP contribution in [0.5, 0.6) is 0 Å². The molecule has 182 valence electrons. The predicted octanol–water partition coefficient (Wildman–Crippen LogP) is 3.52. The van der Waals surface area contributed by atoms with Crippen molar-refractivity contribution in [1.82, 2.24) is 9.21 Å². The van der Waals surface area contributed by atoms with Gasteiger partial charge in [-0.3, -0.25) is 9.69 Å². The smallest absolute Gasteiger partial charge is 0.255 e. The number of nitrogens with zero attached hydrogens (tertiary/aromatic N) is 2. The van der Waals surface area contributed by atoms with Gasteiger partial charge in [0, 0.05) is 37.9 Å². The van der Waals surface area contributed by atoms with Gasteiger partial charge in [0.25, 0.3) is 5.91 Å². The topological polar surface area (TPSA) is 79.0 Å². The largest absolute Gasteiger partial charge is 0.378 e. The first-order chi connectivity index (χ1) is 16.9. The molecule has 0 aromatic heterocycles. The van der Waals surface area contributed by atoms with Crippen molar-refractivity contribution >= 4 is 21.6 Å². The van der Waals surface area contributed by atoms with Crippen LogP contribution in [0.1, 0.15) is 27.0 Å². The molecule has 0 bridgehead atoms. The molecule has 2 heterocycles. The van der Waals surface area contributed by atoms with Crippen molar-refractivity contribution in [2.24, 2.45) is 0 Å². The number of carbonyl (C=O) groups is 1. The normalized spacial score (nSPS) is 16.5. The minimum atomic E-state index is -3.59. The Bertz CT molecular complexity index is 1300. The highest BCUT2D eigenvalue weighted by atomic mass is 32.2. The van der Waals surface area contributed by atoms with E-state index in [1.807, 2.05) is 24.3 Å². The lowest BCUT2D eigenvalue weighted by atomic mass is 9.99.